The van der Waals surface area contributed by atoms with Gasteiger partial charge in [-0.05, 0) is 36.4 Å². The maximum Gasteiger partial charge on any atom is 0.244 e. The van der Waals surface area contributed by atoms with E-state index in [1.165, 1.54) is 28.8 Å². The molecule has 1 heterocycles. The van der Waals surface area contributed by atoms with Crippen LogP contribution in [0.25, 0.3) is 22.0 Å². The van der Waals surface area contributed by atoms with Crippen molar-refractivity contribution in [1.29, 1.82) is 0 Å². The summed E-state index contributed by atoms with van der Waals surface area (Å²) in [6, 6.07) is 20.6. The number of fused-ring (bicyclic) bond motifs is 1. The minimum absolute atomic E-state index is 0.0877. The van der Waals surface area contributed by atoms with Crippen molar-refractivity contribution in [2.45, 2.75) is 5.03 Å². The van der Waals surface area contributed by atoms with Gasteiger partial charge in [-0.3, -0.25) is 9.59 Å². The highest BCUT2D eigenvalue weighted by molar-refractivity contribution is 8.00. The van der Waals surface area contributed by atoms with E-state index in [0.29, 0.717) is 21.4 Å². The molecule has 0 aliphatic carbocycles. The average molecular weight is 495 g/mol. The zero-order chi connectivity index (χ0) is 24.1. The zero-order valence-corrected chi connectivity index (χ0v) is 19.7. The highest BCUT2D eigenvalue weighted by atomic mass is 35.5. The van der Waals surface area contributed by atoms with E-state index in [-0.39, 0.29) is 29.9 Å². The molecule has 0 aliphatic heterocycles. The second kappa shape index (κ2) is 10.6. The van der Waals surface area contributed by atoms with Crippen molar-refractivity contribution in [3.05, 3.63) is 83.6 Å². The van der Waals surface area contributed by atoms with Gasteiger partial charge in [0.2, 0.25) is 11.8 Å². The first-order valence-corrected chi connectivity index (χ1v) is 11.7. The smallest absolute Gasteiger partial charge is 0.244 e. The van der Waals surface area contributed by atoms with E-state index in [1.807, 2.05) is 24.3 Å². The Bertz CT molecular complexity index is 1350. The lowest BCUT2D eigenvalue weighted by molar-refractivity contribution is -0.131. The summed E-state index contributed by atoms with van der Waals surface area (Å²) in [5.74, 6) is -0.809. The van der Waals surface area contributed by atoms with Crippen LogP contribution in [0.3, 0.4) is 0 Å². The van der Waals surface area contributed by atoms with E-state index in [4.69, 9.17) is 11.6 Å². The monoisotopic (exact) mass is 494 g/mol. The van der Waals surface area contributed by atoms with Crippen LogP contribution in [0.4, 0.5) is 10.1 Å². The van der Waals surface area contributed by atoms with E-state index in [2.05, 4.69) is 15.5 Å². The second-order valence-corrected chi connectivity index (χ2v) is 8.84. The lowest BCUT2D eigenvalue weighted by Crippen LogP contribution is -2.36. The maximum atomic E-state index is 13.3. The van der Waals surface area contributed by atoms with Gasteiger partial charge in [0.25, 0.3) is 0 Å². The molecule has 9 heteroatoms. The number of para-hydroxylation sites is 1. The Morgan fingerprint density at radius 1 is 0.971 bits per heavy atom. The van der Waals surface area contributed by atoms with Gasteiger partial charge in [0.05, 0.1) is 23.0 Å². The van der Waals surface area contributed by atoms with Crippen molar-refractivity contribution in [3.8, 4) is 11.3 Å². The Kier molecular flexibility index (Phi) is 7.40. The molecule has 0 bridgehead atoms. The van der Waals surface area contributed by atoms with Crippen LogP contribution in [0.5, 0.6) is 0 Å². The Hall–Kier alpha value is -3.49. The first-order valence-electron chi connectivity index (χ1n) is 10.3. The molecule has 0 saturated heterocycles. The molecule has 1 N–H and O–H groups in total. The molecule has 0 saturated carbocycles. The van der Waals surface area contributed by atoms with Crippen LogP contribution < -0.4 is 5.32 Å². The normalized spacial score (nSPS) is 10.8. The molecular formula is C25H20ClFN4O2S. The van der Waals surface area contributed by atoms with Gasteiger partial charge in [-0.2, -0.15) is 0 Å². The van der Waals surface area contributed by atoms with E-state index in [1.54, 1.807) is 43.4 Å². The van der Waals surface area contributed by atoms with E-state index in [9.17, 15) is 14.0 Å². The van der Waals surface area contributed by atoms with Crippen LogP contribution in [-0.4, -0.2) is 46.3 Å². The summed E-state index contributed by atoms with van der Waals surface area (Å²) in [6.45, 7) is -0.111. The number of benzene rings is 3. The summed E-state index contributed by atoms with van der Waals surface area (Å²) in [7, 11) is 1.57. The average Bonchev–Trinajstić information content (AvgIpc) is 2.84. The quantitative estimate of drug-likeness (QED) is 0.354. The largest absolute Gasteiger partial charge is 0.336 e. The predicted molar refractivity (Wildman–Crippen MR) is 133 cm³/mol. The number of likely N-dealkylation sites (N-methyl/N-ethyl adjacent to an activating group) is 1. The number of nitrogens with zero attached hydrogens (tertiary/aromatic N) is 3. The topological polar surface area (TPSA) is 75.2 Å². The Morgan fingerprint density at radius 3 is 2.38 bits per heavy atom. The second-order valence-electron chi connectivity index (χ2n) is 7.47. The number of hydrogen-bond donors (Lipinski definition) is 1. The van der Waals surface area contributed by atoms with Crippen LogP contribution in [0.2, 0.25) is 5.02 Å². The first-order chi connectivity index (χ1) is 16.4. The van der Waals surface area contributed by atoms with Crippen LogP contribution in [0.15, 0.2) is 77.8 Å². The summed E-state index contributed by atoms with van der Waals surface area (Å²) in [4.78, 5) is 26.3. The summed E-state index contributed by atoms with van der Waals surface area (Å²) in [5.41, 5.74) is 1.88. The summed E-state index contributed by atoms with van der Waals surface area (Å²) in [6.07, 6.45) is 0. The predicted octanol–water partition coefficient (Wildman–Crippen LogP) is 5.28. The van der Waals surface area contributed by atoms with Crippen LogP contribution in [0.1, 0.15) is 0 Å². The molecule has 0 fully saturated rings. The summed E-state index contributed by atoms with van der Waals surface area (Å²) in [5, 5.41) is 14.1. The molecule has 0 aliphatic rings. The van der Waals surface area contributed by atoms with Gasteiger partial charge >= 0.3 is 0 Å². The number of amides is 2. The van der Waals surface area contributed by atoms with E-state index in [0.717, 1.165) is 16.3 Å². The van der Waals surface area contributed by atoms with Gasteiger partial charge in [-0.1, -0.05) is 59.8 Å². The highest BCUT2D eigenvalue weighted by Crippen LogP contribution is 2.31. The number of carbonyl (C=O) groups excluding carboxylic acids is 2. The fraction of sp³-hybridized carbons (Fsp3) is 0.120. The molecule has 0 radical (unpaired) electrons. The molecule has 0 atom stereocenters. The van der Waals surface area contributed by atoms with Crippen molar-refractivity contribution in [2.75, 3.05) is 24.7 Å². The lowest BCUT2D eigenvalue weighted by Gasteiger charge is -2.17. The molecule has 172 valence electrons. The molecule has 1 aromatic heterocycles. The van der Waals surface area contributed by atoms with Gasteiger partial charge in [0, 0.05) is 23.4 Å². The molecule has 0 unspecified atom stereocenters. The van der Waals surface area contributed by atoms with Gasteiger partial charge in [-0.25, -0.2) is 4.39 Å². The third-order valence-corrected chi connectivity index (χ3v) is 6.35. The number of anilines is 1. The number of carbonyl (C=O) groups is 2. The molecule has 4 aromatic rings. The van der Waals surface area contributed by atoms with Gasteiger partial charge in [0.1, 0.15) is 16.5 Å². The molecule has 6 nitrogen and oxygen atoms in total. The molecule has 34 heavy (non-hydrogen) atoms. The van der Waals surface area contributed by atoms with E-state index < -0.39 is 0 Å². The zero-order valence-electron chi connectivity index (χ0n) is 18.2. The number of hydrogen-bond acceptors (Lipinski definition) is 5. The van der Waals surface area contributed by atoms with Crippen LogP contribution >= 0.6 is 23.4 Å². The molecular weight excluding hydrogens is 475 g/mol. The summed E-state index contributed by atoms with van der Waals surface area (Å²) < 4.78 is 13.3. The Labute approximate surface area is 205 Å². The number of aromatic nitrogens is 2. The summed E-state index contributed by atoms with van der Waals surface area (Å²) >= 11 is 7.31. The van der Waals surface area contributed by atoms with Crippen LogP contribution in [0, 0.1) is 5.82 Å². The fourth-order valence-electron chi connectivity index (χ4n) is 3.30. The van der Waals surface area contributed by atoms with E-state index >= 15 is 0 Å². The fourth-order valence-corrected chi connectivity index (χ4v) is 4.40. The van der Waals surface area contributed by atoms with Gasteiger partial charge < -0.3 is 10.2 Å². The number of nitrogens with one attached hydrogen (secondary N) is 1. The number of halogens is 2. The van der Waals surface area contributed by atoms with Gasteiger partial charge in [-0.15, -0.1) is 10.2 Å². The number of thioether (sulfide) groups is 1. The van der Waals surface area contributed by atoms with Crippen molar-refractivity contribution in [2.24, 2.45) is 0 Å². The third kappa shape index (κ3) is 5.52. The van der Waals surface area contributed by atoms with Crippen molar-refractivity contribution >= 4 is 51.6 Å². The minimum atomic E-state index is -0.345. The van der Waals surface area contributed by atoms with Crippen LogP contribution in [-0.2, 0) is 9.59 Å². The number of rotatable bonds is 7. The Morgan fingerprint density at radius 2 is 1.65 bits per heavy atom. The first kappa shape index (κ1) is 23.7. The van der Waals surface area contributed by atoms with Crippen molar-refractivity contribution in [1.82, 2.24) is 15.1 Å². The molecule has 4 rings (SSSR count). The molecule has 3 aromatic carbocycles. The van der Waals surface area contributed by atoms with Crippen molar-refractivity contribution in [3.63, 3.8) is 0 Å². The third-order valence-electron chi connectivity index (χ3n) is 5.06. The minimum Gasteiger partial charge on any atom is -0.336 e. The maximum absolute atomic E-state index is 13.3. The van der Waals surface area contributed by atoms with Gasteiger partial charge in [0.15, 0.2) is 0 Å². The lowest BCUT2D eigenvalue weighted by atomic mass is 10.1. The molecule has 2 amide bonds. The van der Waals surface area contributed by atoms with Crippen molar-refractivity contribution < 1.29 is 14.0 Å². The highest BCUT2D eigenvalue weighted by Gasteiger charge is 2.17. The molecule has 0 spiro atoms. The Balaban J connectivity index is 1.43. The standard InChI is InChI=1S/C25H20ClFN4O2S/c1-31(14-22(32)28-21-9-5-4-8-20(21)26)23(33)15-34-25-19-7-3-2-6-18(19)24(29-30-25)16-10-12-17(27)13-11-16/h2-13H,14-15H2,1H3,(H,28,32). The SMILES string of the molecule is CN(CC(=O)Nc1ccccc1Cl)C(=O)CSc1nnc(-c2ccc(F)cc2)c2ccccc12.